The van der Waals surface area contributed by atoms with Gasteiger partial charge in [0.1, 0.15) is 0 Å². The van der Waals surface area contributed by atoms with Crippen LogP contribution in [0.4, 0.5) is 0 Å². The Balaban J connectivity index is 1.99. The lowest BCUT2D eigenvalue weighted by molar-refractivity contribution is -0.137. The monoisotopic (exact) mass is 260 g/mol. The lowest BCUT2D eigenvalue weighted by Crippen LogP contribution is -2.38. The first-order chi connectivity index (χ1) is 9.09. The molecule has 0 bridgehead atoms. The summed E-state index contributed by atoms with van der Waals surface area (Å²) in [5.41, 5.74) is 7.09. The molecule has 1 amide bonds. The van der Waals surface area contributed by atoms with Crippen molar-refractivity contribution >= 4 is 5.91 Å². The number of nitrogens with two attached hydrogens (primary N) is 1. The van der Waals surface area contributed by atoms with E-state index in [1.807, 2.05) is 30.1 Å². The minimum absolute atomic E-state index is 0.129. The molecule has 2 N–H and O–H groups in total. The van der Waals surface area contributed by atoms with Gasteiger partial charge in [0.05, 0.1) is 6.04 Å². The normalized spacial score (nSPS) is 24.8. The summed E-state index contributed by atoms with van der Waals surface area (Å²) in [4.78, 5) is 14.4. The third-order valence-corrected chi connectivity index (χ3v) is 4.33. The lowest BCUT2D eigenvalue weighted by atomic mass is 9.85. The van der Waals surface area contributed by atoms with Gasteiger partial charge in [-0.3, -0.25) is 4.79 Å². The number of carbonyl (C=O) groups is 1. The highest BCUT2D eigenvalue weighted by molar-refractivity contribution is 5.79. The zero-order valence-corrected chi connectivity index (χ0v) is 11.9. The molecule has 0 aliphatic heterocycles. The van der Waals surface area contributed by atoms with E-state index in [9.17, 15) is 4.79 Å². The highest BCUT2D eigenvalue weighted by Crippen LogP contribution is 2.28. The minimum Gasteiger partial charge on any atom is -0.339 e. The van der Waals surface area contributed by atoms with Gasteiger partial charge in [-0.15, -0.1) is 0 Å². The van der Waals surface area contributed by atoms with Crippen molar-refractivity contribution in [2.24, 2.45) is 11.7 Å². The molecule has 104 valence electrons. The quantitative estimate of drug-likeness (QED) is 0.908. The first-order valence-corrected chi connectivity index (χ1v) is 7.16. The SMILES string of the molecule is CC(c1ccccc1)N(C)C(=O)C1CCC(N)CC1. The maximum Gasteiger partial charge on any atom is 0.225 e. The zero-order chi connectivity index (χ0) is 13.8. The Bertz CT molecular complexity index is 410. The van der Waals surface area contributed by atoms with Gasteiger partial charge in [-0.25, -0.2) is 0 Å². The largest absolute Gasteiger partial charge is 0.339 e. The molecule has 3 heteroatoms. The Morgan fingerprint density at radius 3 is 2.37 bits per heavy atom. The molecule has 0 heterocycles. The van der Waals surface area contributed by atoms with Crippen molar-refractivity contribution in [2.45, 2.75) is 44.7 Å². The van der Waals surface area contributed by atoms with Gasteiger partial charge in [0.2, 0.25) is 5.91 Å². The minimum atomic E-state index is 0.129. The summed E-state index contributed by atoms with van der Waals surface area (Å²) in [5, 5.41) is 0. The van der Waals surface area contributed by atoms with E-state index in [0.29, 0.717) is 6.04 Å². The van der Waals surface area contributed by atoms with Crippen LogP contribution in [0.2, 0.25) is 0 Å². The molecule has 1 unspecified atom stereocenters. The third-order valence-electron chi connectivity index (χ3n) is 4.33. The molecule has 19 heavy (non-hydrogen) atoms. The third kappa shape index (κ3) is 3.35. The van der Waals surface area contributed by atoms with Gasteiger partial charge in [-0.1, -0.05) is 30.3 Å². The van der Waals surface area contributed by atoms with Crippen LogP contribution < -0.4 is 5.73 Å². The number of amides is 1. The van der Waals surface area contributed by atoms with Crippen LogP contribution in [-0.2, 0) is 4.79 Å². The Labute approximate surface area is 115 Å². The summed E-state index contributed by atoms with van der Waals surface area (Å²) in [6, 6.07) is 10.6. The zero-order valence-electron chi connectivity index (χ0n) is 11.9. The topological polar surface area (TPSA) is 46.3 Å². The summed E-state index contributed by atoms with van der Waals surface area (Å²) in [7, 11) is 1.91. The van der Waals surface area contributed by atoms with Crippen LogP contribution in [0.3, 0.4) is 0 Å². The molecule has 1 aliphatic rings. The fourth-order valence-corrected chi connectivity index (χ4v) is 2.80. The number of rotatable bonds is 3. The van der Waals surface area contributed by atoms with Crippen molar-refractivity contribution in [1.82, 2.24) is 4.90 Å². The molecule has 2 rings (SSSR count). The fourth-order valence-electron chi connectivity index (χ4n) is 2.80. The maximum absolute atomic E-state index is 12.5. The van der Waals surface area contributed by atoms with Gasteiger partial charge in [0, 0.05) is 19.0 Å². The molecule has 1 atom stereocenters. The van der Waals surface area contributed by atoms with E-state index in [2.05, 4.69) is 19.1 Å². The number of benzene rings is 1. The first kappa shape index (κ1) is 14.1. The molecule has 1 aromatic rings. The Hall–Kier alpha value is -1.35. The smallest absolute Gasteiger partial charge is 0.225 e. The van der Waals surface area contributed by atoms with E-state index in [1.165, 1.54) is 5.56 Å². The van der Waals surface area contributed by atoms with E-state index >= 15 is 0 Å². The van der Waals surface area contributed by atoms with Gasteiger partial charge >= 0.3 is 0 Å². The van der Waals surface area contributed by atoms with Gasteiger partial charge in [0.25, 0.3) is 0 Å². The van der Waals surface area contributed by atoms with Crippen molar-refractivity contribution < 1.29 is 4.79 Å². The summed E-state index contributed by atoms with van der Waals surface area (Å²) in [5.74, 6) is 0.430. The molecule has 1 fully saturated rings. The number of hydrogen-bond acceptors (Lipinski definition) is 2. The molecule has 1 saturated carbocycles. The summed E-state index contributed by atoms with van der Waals surface area (Å²) in [6.07, 6.45) is 3.83. The maximum atomic E-state index is 12.5. The standard InChI is InChI=1S/C16H24N2O/c1-12(13-6-4-3-5-7-13)18(2)16(19)14-8-10-15(17)11-9-14/h3-7,12,14-15H,8-11,17H2,1-2H3. The average Bonchev–Trinajstić information content (AvgIpc) is 2.46. The Morgan fingerprint density at radius 2 is 1.79 bits per heavy atom. The van der Waals surface area contributed by atoms with Crippen molar-refractivity contribution in [3.8, 4) is 0 Å². The number of hydrogen-bond donors (Lipinski definition) is 1. The highest BCUT2D eigenvalue weighted by atomic mass is 16.2. The van der Waals surface area contributed by atoms with Crippen molar-refractivity contribution in [3.05, 3.63) is 35.9 Å². The molecular formula is C16H24N2O. The van der Waals surface area contributed by atoms with Crippen LogP contribution in [0.15, 0.2) is 30.3 Å². The predicted molar refractivity (Wildman–Crippen MR) is 77.6 cm³/mol. The van der Waals surface area contributed by atoms with E-state index in [0.717, 1.165) is 25.7 Å². The van der Waals surface area contributed by atoms with E-state index in [1.54, 1.807) is 0 Å². The molecule has 0 spiro atoms. The number of carbonyl (C=O) groups excluding carboxylic acids is 1. The average molecular weight is 260 g/mol. The molecular weight excluding hydrogens is 236 g/mol. The van der Waals surface area contributed by atoms with Gasteiger partial charge in [-0.2, -0.15) is 0 Å². The summed E-state index contributed by atoms with van der Waals surface area (Å²) >= 11 is 0. The highest BCUT2D eigenvalue weighted by Gasteiger charge is 2.28. The van der Waals surface area contributed by atoms with Crippen LogP contribution >= 0.6 is 0 Å². The van der Waals surface area contributed by atoms with Crippen molar-refractivity contribution in [3.63, 3.8) is 0 Å². The predicted octanol–water partition coefficient (Wildman–Crippen LogP) is 2.72. The second kappa shape index (κ2) is 6.20. The molecule has 0 radical (unpaired) electrons. The second-order valence-electron chi connectivity index (χ2n) is 5.65. The lowest BCUT2D eigenvalue weighted by Gasteiger charge is -2.32. The molecule has 1 aromatic carbocycles. The number of nitrogens with zero attached hydrogens (tertiary/aromatic N) is 1. The summed E-state index contributed by atoms with van der Waals surface area (Å²) in [6.45, 7) is 2.09. The molecule has 0 aromatic heterocycles. The van der Waals surface area contributed by atoms with Gasteiger partial charge < -0.3 is 10.6 Å². The van der Waals surface area contributed by atoms with Crippen molar-refractivity contribution in [1.29, 1.82) is 0 Å². The molecule has 0 saturated heterocycles. The van der Waals surface area contributed by atoms with Crippen LogP contribution in [0.5, 0.6) is 0 Å². The van der Waals surface area contributed by atoms with Crippen molar-refractivity contribution in [2.75, 3.05) is 7.05 Å². The van der Waals surface area contributed by atoms with E-state index < -0.39 is 0 Å². The van der Waals surface area contributed by atoms with Crippen LogP contribution in [0.1, 0.15) is 44.2 Å². The first-order valence-electron chi connectivity index (χ1n) is 7.16. The van der Waals surface area contributed by atoms with Crippen LogP contribution in [0.25, 0.3) is 0 Å². The van der Waals surface area contributed by atoms with E-state index in [-0.39, 0.29) is 17.9 Å². The second-order valence-corrected chi connectivity index (χ2v) is 5.65. The fraction of sp³-hybridized carbons (Fsp3) is 0.562. The molecule has 3 nitrogen and oxygen atoms in total. The van der Waals surface area contributed by atoms with Crippen LogP contribution in [0, 0.1) is 5.92 Å². The van der Waals surface area contributed by atoms with E-state index in [4.69, 9.17) is 5.73 Å². The van der Waals surface area contributed by atoms with Gasteiger partial charge in [-0.05, 0) is 38.2 Å². The Kier molecular flexibility index (Phi) is 4.59. The van der Waals surface area contributed by atoms with Crippen LogP contribution in [-0.4, -0.2) is 23.9 Å². The van der Waals surface area contributed by atoms with Gasteiger partial charge in [0.15, 0.2) is 0 Å². The Morgan fingerprint density at radius 1 is 1.21 bits per heavy atom. The molecule has 1 aliphatic carbocycles. The summed E-state index contributed by atoms with van der Waals surface area (Å²) < 4.78 is 0.